The fraction of sp³-hybridized carbons (Fsp3) is 0.167. The third-order valence-corrected chi connectivity index (χ3v) is 1.35. The zero-order valence-electron chi connectivity index (χ0n) is 5.53. The third-order valence-electron chi connectivity index (χ3n) is 1.35. The zero-order valence-corrected chi connectivity index (χ0v) is 5.53. The van der Waals surface area contributed by atoms with Gasteiger partial charge in [0.15, 0.2) is 0 Å². The fourth-order valence-electron chi connectivity index (χ4n) is 0.739. The van der Waals surface area contributed by atoms with Crippen LogP contribution in [-0.2, 0) is 14.4 Å². The number of nitrogens with two attached hydrogens (primary N) is 2. The molecule has 1 aliphatic carbocycles. The van der Waals surface area contributed by atoms with E-state index in [9.17, 15) is 14.4 Å². The van der Waals surface area contributed by atoms with Crippen LogP contribution < -0.4 is 11.5 Å². The molecule has 1 aliphatic rings. The molecule has 58 valence electrons. The predicted octanol–water partition coefficient (Wildman–Crippen LogP) is -2.12. The molecule has 0 heterocycles. The summed E-state index contributed by atoms with van der Waals surface area (Å²) in [5.41, 5.74) is 9.97. The van der Waals surface area contributed by atoms with Gasteiger partial charge in [-0.05, 0) is 6.08 Å². The predicted molar refractivity (Wildman–Crippen MR) is 35.3 cm³/mol. The highest BCUT2D eigenvalue weighted by Gasteiger charge is 2.33. The molecule has 0 aromatic rings. The van der Waals surface area contributed by atoms with Gasteiger partial charge in [0.2, 0.25) is 5.78 Å². The molecule has 0 aromatic heterocycles. The van der Waals surface area contributed by atoms with Gasteiger partial charge in [0.25, 0.3) is 11.6 Å². The standard InChI is InChI=1S/C6H6N2O3/c7-2-1-3(8)5(10)6(11)4(2)9/h1-2H,7-8H2. The van der Waals surface area contributed by atoms with Gasteiger partial charge in [-0.3, -0.25) is 14.4 Å². The van der Waals surface area contributed by atoms with E-state index in [0.29, 0.717) is 0 Å². The summed E-state index contributed by atoms with van der Waals surface area (Å²) < 4.78 is 0. The lowest BCUT2D eigenvalue weighted by atomic mass is 9.97. The third kappa shape index (κ3) is 1.05. The Morgan fingerprint density at radius 3 is 2.27 bits per heavy atom. The number of ketones is 3. The molecule has 0 aromatic carbocycles. The van der Waals surface area contributed by atoms with Gasteiger partial charge in [0.05, 0.1) is 11.7 Å². The largest absolute Gasteiger partial charge is 0.396 e. The maximum absolute atomic E-state index is 10.7. The minimum Gasteiger partial charge on any atom is -0.396 e. The quantitative estimate of drug-likeness (QED) is 0.388. The second kappa shape index (κ2) is 2.28. The Kier molecular flexibility index (Phi) is 1.58. The van der Waals surface area contributed by atoms with Crippen molar-refractivity contribution in [1.29, 1.82) is 0 Å². The van der Waals surface area contributed by atoms with Crippen molar-refractivity contribution in [2.24, 2.45) is 11.5 Å². The average molecular weight is 154 g/mol. The minimum absolute atomic E-state index is 0.248. The lowest BCUT2D eigenvalue weighted by Crippen LogP contribution is -2.44. The number of Topliss-reactive ketones (excluding diaryl/α,β-unsaturated/α-hetero) is 3. The summed E-state index contributed by atoms with van der Waals surface area (Å²) in [6.07, 6.45) is 1.08. The van der Waals surface area contributed by atoms with E-state index in [0.717, 1.165) is 6.08 Å². The Bertz CT molecular complexity index is 280. The highest BCUT2D eigenvalue weighted by Crippen LogP contribution is 2.02. The van der Waals surface area contributed by atoms with E-state index in [-0.39, 0.29) is 5.70 Å². The molecule has 1 unspecified atom stereocenters. The molecule has 5 heteroatoms. The summed E-state index contributed by atoms with van der Waals surface area (Å²) in [5.74, 6) is -2.99. The number of carbonyl (C=O) groups excluding carboxylic acids is 3. The molecule has 0 saturated carbocycles. The SMILES string of the molecule is NC1=CC(N)C(=O)C(=O)C1=O. The summed E-state index contributed by atoms with van der Waals surface area (Å²) >= 11 is 0. The number of carbonyl (C=O) groups is 3. The van der Waals surface area contributed by atoms with E-state index in [1.165, 1.54) is 0 Å². The van der Waals surface area contributed by atoms with Gasteiger partial charge in [0, 0.05) is 0 Å². The molecule has 0 saturated heterocycles. The first-order valence-corrected chi connectivity index (χ1v) is 2.90. The van der Waals surface area contributed by atoms with Gasteiger partial charge < -0.3 is 11.5 Å². The van der Waals surface area contributed by atoms with Gasteiger partial charge in [-0.25, -0.2) is 0 Å². The Hall–Kier alpha value is -1.49. The normalized spacial score (nSPS) is 25.4. The topological polar surface area (TPSA) is 103 Å². The Labute approximate surface area is 62.0 Å². The van der Waals surface area contributed by atoms with Crippen LogP contribution >= 0.6 is 0 Å². The molecule has 0 radical (unpaired) electrons. The smallest absolute Gasteiger partial charge is 0.272 e. The molecular weight excluding hydrogens is 148 g/mol. The molecule has 0 amide bonds. The molecule has 1 rings (SSSR count). The number of hydrogen-bond acceptors (Lipinski definition) is 5. The van der Waals surface area contributed by atoms with Crippen molar-refractivity contribution in [3.05, 3.63) is 11.8 Å². The van der Waals surface area contributed by atoms with Crippen molar-refractivity contribution in [3.8, 4) is 0 Å². The van der Waals surface area contributed by atoms with E-state index in [1.807, 2.05) is 0 Å². The van der Waals surface area contributed by atoms with Gasteiger partial charge in [-0.15, -0.1) is 0 Å². The monoisotopic (exact) mass is 154 g/mol. The Morgan fingerprint density at radius 1 is 1.18 bits per heavy atom. The van der Waals surface area contributed by atoms with Crippen LogP contribution in [0, 0.1) is 0 Å². The van der Waals surface area contributed by atoms with Crippen LogP contribution in [0.3, 0.4) is 0 Å². The Balaban J connectivity index is 3.12. The Morgan fingerprint density at radius 2 is 1.73 bits per heavy atom. The van der Waals surface area contributed by atoms with Crippen molar-refractivity contribution in [2.45, 2.75) is 6.04 Å². The van der Waals surface area contributed by atoms with Gasteiger partial charge in [-0.1, -0.05) is 0 Å². The van der Waals surface area contributed by atoms with Crippen molar-refractivity contribution in [1.82, 2.24) is 0 Å². The number of rotatable bonds is 0. The first-order chi connectivity index (χ1) is 5.04. The summed E-state index contributed by atoms with van der Waals surface area (Å²) in [6, 6.07) is -1.06. The molecule has 5 nitrogen and oxygen atoms in total. The highest BCUT2D eigenvalue weighted by atomic mass is 16.2. The molecular formula is C6H6N2O3. The second-order valence-corrected chi connectivity index (χ2v) is 2.17. The van der Waals surface area contributed by atoms with Crippen molar-refractivity contribution in [2.75, 3.05) is 0 Å². The van der Waals surface area contributed by atoms with Crippen molar-refractivity contribution >= 4 is 17.3 Å². The van der Waals surface area contributed by atoms with Crippen LogP contribution in [0.1, 0.15) is 0 Å². The maximum atomic E-state index is 10.7. The first-order valence-electron chi connectivity index (χ1n) is 2.90. The van der Waals surface area contributed by atoms with Gasteiger partial charge in [0.1, 0.15) is 0 Å². The second-order valence-electron chi connectivity index (χ2n) is 2.17. The number of hydrogen-bond donors (Lipinski definition) is 2. The molecule has 0 aliphatic heterocycles. The van der Waals surface area contributed by atoms with Gasteiger partial charge in [-0.2, -0.15) is 0 Å². The van der Waals surface area contributed by atoms with Crippen LogP contribution in [0.2, 0.25) is 0 Å². The van der Waals surface area contributed by atoms with Crippen LogP contribution in [0.5, 0.6) is 0 Å². The van der Waals surface area contributed by atoms with Gasteiger partial charge >= 0.3 is 0 Å². The van der Waals surface area contributed by atoms with Crippen molar-refractivity contribution < 1.29 is 14.4 Å². The summed E-state index contributed by atoms with van der Waals surface area (Å²) in [4.78, 5) is 32.0. The fourth-order valence-corrected chi connectivity index (χ4v) is 0.739. The van der Waals surface area contributed by atoms with Crippen LogP contribution in [0.4, 0.5) is 0 Å². The maximum Gasteiger partial charge on any atom is 0.272 e. The molecule has 0 spiro atoms. The lowest BCUT2D eigenvalue weighted by molar-refractivity contribution is -0.143. The molecule has 0 fully saturated rings. The lowest BCUT2D eigenvalue weighted by Gasteiger charge is -2.10. The van der Waals surface area contributed by atoms with E-state index >= 15 is 0 Å². The summed E-state index contributed by atoms with van der Waals surface area (Å²) in [7, 11) is 0. The van der Waals surface area contributed by atoms with Crippen LogP contribution in [-0.4, -0.2) is 23.4 Å². The van der Waals surface area contributed by atoms with Crippen LogP contribution in [0.25, 0.3) is 0 Å². The molecule has 0 bridgehead atoms. The molecule has 4 N–H and O–H groups in total. The molecule has 11 heavy (non-hydrogen) atoms. The van der Waals surface area contributed by atoms with Crippen LogP contribution in [0.15, 0.2) is 11.8 Å². The first kappa shape index (κ1) is 7.62. The van der Waals surface area contributed by atoms with E-state index < -0.39 is 23.4 Å². The number of allylic oxidation sites excluding steroid dienone is 1. The average Bonchev–Trinajstić information content (AvgIpc) is 1.97. The minimum atomic E-state index is -1.13. The van der Waals surface area contributed by atoms with E-state index in [1.54, 1.807) is 0 Å². The summed E-state index contributed by atoms with van der Waals surface area (Å²) in [5, 5.41) is 0. The zero-order chi connectivity index (χ0) is 8.59. The summed E-state index contributed by atoms with van der Waals surface area (Å²) in [6.45, 7) is 0. The molecule has 1 atom stereocenters. The van der Waals surface area contributed by atoms with E-state index in [4.69, 9.17) is 11.5 Å². The van der Waals surface area contributed by atoms with Crippen molar-refractivity contribution in [3.63, 3.8) is 0 Å². The highest BCUT2D eigenvalue weighted by molar-refractivity contribution is 6.69. The van der Waals surface area contributed by atoms with E-state index in [2.05, 4.69) is 0 Å².